The smallest absolute Gasteiger partial charge is 0.164 e. The Morgan fingerprint density at radius 3 is 1.77 bits per heavy atom. The monoisotopic (exact) mass is 300 g/mol. The Balaban J connectivity index is 2.64. The summed E-state index contributed by atoms with van der Waals surface area (Å²) in [6.45, 7) is 14.9. The zero-order chi connectivity index (χ0) is 16.6. The molecule has 1 N–H and O–H groups in total. The molecule has 0 fully saturated rings. The van der Waals surface area contributed by atoms with Crippen molar-refractivity contribution in [1.29, 1.82) is 0 Å². The molecule has 1 aromatic carbocycles. The zero-order valence-corrected chi connectivity index (χ0v) is 14.8. The summed E-state index contributed by atoms with van der Waals surface area (Å²) in [4.78, 5) is 0. The summed E-state index contributed by atoms with van der Waals surface area (Å²) in [5.74, 6) is 1.20. The fraction of sp³-hybridized carbons (Fsp3) is 0.526. The molecule has 0 spiro atoms. The molecule has 3 nitrogen and oxygen atoms in total. The number of hydrogen-bond acceptors (Lipinski definition) is 2. The van der Waals surface area contributed by atoms with Gasteiger partial charge in [0.15, 0.2) is 5.75 Å². The third kappa shape index (κ3) is 3.03. The van der Waals surface area contributed by atoms with Gasteiger partial charge in [-0.3, -0.25) is 4.68 Å². The average molecular weight is 300 g/mol. The molecule has 2 rings (SSSR count). The minimum Gasteiger partial charge on any atom is -0.504 e. The van der Waals surface area contributed by atoms with E-state index in [1.807, 2.05) is 11.6 Å². The van der Waals surface area contributed by atoms with Crippen LogP contribution >= 0.6 is 0 Å². The summed E-state index contributed by atoms with van der Waals surface area (Å²) in [6, 6.07) is 6.81. The van der Waals surface area contributed by atoms with Crippen LogP contribution in [-0.4, -0.2) is 14.9 Å². The summed E-state index contributed by atoms with van der Waals surface area (Å²) in [6.07, 6.45) is 0. The van der Waals surface area contributed by atoms with E-state index in [0.717, 1.165) is 11.3 Å². The van der Waals surface area contributed by atoms with Crippen LogP contribution in [0, 0.1) is 6.92 Å². The van der Waals surface area contributed by atoms with Gasteiger partial charge in [0.2, 0.25) is 0 Å². The number of nitrogens with zero attached hydrogens (tertiary/aromatic N) is 2. The van der Waals surface area contributed by atoms with E-state index in [4.69, 9.17) is 0 Å². The van der Waals surface area contributed by atoms with Crippen molar-refractivity contribution in [3.05, 3.63) is 35.0 Å². The van der Waals surface area contributed by atoms with Crippen LogP contribution in [0.4, 0.5) is 0 Å². The summed E-state index contributed by atoms with van der Waals surface area (Å²) in [5.41, 5.74) is 5.10. The topological polar surface area (TPSA) is 38.1 Å². The predicted octanol–water partition coefficient (Wildman–Crippen LogP) is 5.39. The molecule has 3 heteroatoms. The van der Waals surface area contributed by atoms with Crippen molar-refractivity contribution in [3.63, 3.8) is 0 Å². The number of hydrogen-bond donors (Lipinski definition) is 1. The van der Waals surface area contributed by atoms with Gasteiger partial charge in [0.05, 0.1) is 5.69 Å². The van der Waals surface area contributed by atoms with Crippen LogP contribution in [0.1, 0.15) is 76.2 Å². The van der Waals surface area contributed by atoms with E-state index in [-0.39, 0.29) is 6.04 Å². The lowest BCUT2D eigenvalue weighted by Gasteiger charge is -2.13. The Hall–Kier alpha value is -1.77. The van der Waals surface area contributed by atoms with Gasteiger partial charge in [0.1, 0.15) is 5.69 Å². The Bertz CT molecular complexity index is 640. The lowest BCUT2D eigenvalue weighted by Crippen LogP contribution is -2.04. The number of benzene rings is 1. The summed E-state index contributed by atoms with van der Waals surface area (Å²) in [5, 5.41) is 15.1. The summed E-state index contributed by atoms with van der Waals surface area (Å²) in [7, 11) is 0. The Morgan fingerprint density at radius 1 is 0.909 bits per heavy atom. The van der Waals surface area contributed by atoms with Gasteiger partial charge < -0.3 is 5.11 Å². The minimum atomic E-state index is 0.234. The van der Waals surface area contributed by atoms with Crippen LogP contribution in [0.5, 0.6) is 5.75 Å². The van der Waals surface area contributed by atoms with Crippen molar-refractivity contribution in [2.75, 3.05) is 0 Å². The van der Waals surface area contributed by atoms with Crippen LogP contribution in [0.2, 0.25) is 0 Å². The molecular weight excluding hydrogens is 272 g/mol. The second kappa shape index (κ2) is 6.15. The van der Waals surface area contributed by atoms with E-state index in [1.165, 1.54) is 11.1 Å². The molecule has 0 radical (unpaired) electrons. The third-order valence-electron chi connectivity index (χ3n) is 4.19. The molecule has 120 valence electrons. The molecular formula is C19H28N2O. The fourth-order valence-corrected chi connectivity index (χ4v) is 2.69. The molecule has 0 atom stereocenters. The van der Waals surface area contributed by atoms with Crippen molar-refractivity contribution >= 4 is 0 Å². The molecule has 2 aromatic rings. The first-order valence-electron chi connectivity index (χ1n) is 8.15. The van der Waals surface area contributed by atoms with E-state index in [2.05, 4.69) is 64.8 Å². The fourth-order valence-electron chi connectivity index (χ4n) is 2.69. The molecule has 0 bridgehead atoms. The Kier molecular flexibility index (Phi) is 4.64. The highest BCUT2D eigenvalue weighted by molar-refractivity contribution is 5.69. The van der Waals surface area contributed by atoms with Crippen LogP contribution in [0.15, 0.2) is 18.2 Å². The summed E-state index contributed by atoms with van der Waals surface area (Å²) < 4.78 is 1.89. The molecule has 0 aliphatic carbocycles. The second-order valence-electron chi connectivity index (χ2n) is 7.02. The lowest BCUT2D eigenvalue weighted by atomic mass is 9.92. The first kappa shape index (κ1) is 16.6. The highest BCUT2D eigenvalue weighted by Gasteiger charge is 2.18. The van der Waals surface area contributed by atoms with E-state index >= 15 is 0 Å². The van der Waals surface area contributed by atoms with E-state index in [1.54, 1.807) is 0 Å². The van der Waals surface area contributed by atoms with Gasteiger partial charge in [-0.05, 0) is 55.9 Å². The van der Waals surface area contributed by atoms with Crippen LogP contribution < -0.4 is 0 Å². The maximum atomic E-state index is 10.5. The third-order valence-corrected chi connectivity index (χ3v) is 4.19. The molecule has 0 unspecified atom stereocenters. The number of aromatic hydroxyl groups is 1. The number of rotatable bonds is 4. The predicted molar refractivity (Wildman–Crippen MR) is 92.6 cm³/mol. The van der Waals surface area contributed by atoms with Crippen LogP contribution in [-0.2, 0) is 0 Å². The van der Waals surface area contributed by atoms with Gasteiger partial charge >= 0.3 is 0 Å². The van der Waals surface area contributed by atoms with E-state index in [0.29, 0.717) is 23.3 Å². The van der Waals surface area contributed by atoms with Crippen molar-refractivity contribution in [2.24, 2.45) is 0 Å². The highest BCUT2D eigenvalue weighted by atomic mass is 16.3. The first-order chi connectivity index (χ1) is 10.2. The lowest BCUT2D eigenvalue weighted by molar-refractivity contribution is 0.461. The van der Waals surface area contributed by atoms with Gasteiger partial charge in [0, 0.05) is 11.6 Å². The van der Waals surface area contributed by atoms with Crippen molar-refractivity contribution in [3.8, 4) is 17.0 Å². The van der Waals surface area contributed by atoms with Gasteiger partial charge in [-0.1, -0.05) is 33.8 Å². The van der Waals surface area contributed by atoms with Gasteiger partial charge in [-0.25, -0.2) is 0 Å². The van der Waals surface area contributed by atoms with E-state index < -0.39 is 0 Å². The quantitative estimate of drug-likeness (QED) is 0.821. The SMILES string of the molecule is Cc1c(O)c(-c2cc(C(C)C)cc(C(C)C)c2)nn1C(C)C. The van der Waals surface area contributed by atoms with Crippen molar-refractivity contribution < 1.29 is 5.11 Å². The Morgan fingerprint density at radius 2 is 1.41 bits per heavy atom. The molecule has 1 heterocycles. The van der Waals surface area contributed by atoms with E-state index in [9.17, 15) is 5.11 Å². The van der Waals surface area contributed by atoms with Crippen LogP contribution in [0.25, 0.3) is 11.3 Å². The Labute approximate surface area is 134 Å². The standard InChI is InChI=1S/C19H28N2O/c1-11(2)15-8-16(12(3)4)10-17(9-15)18-19(22)14(7)21(20-18)13(5)6/h8-13,22H,1-7H3. The maximum absolute atomic E-state index is 10.5. The molecule has 0 amide bonds. The zero-order valence-electron chi connectivity index (χ0n) is 14.8. The average Bonchev–Trinajstić information content (AvgIpc) is 2.75. The number of aromatic nitrogens is 2. The minimum absolute atomic E-state index is 0.234. The maximum Gasteiger partial charge on any atom is 0.164 e. The van der Waals surface area contributed by atoms with Gasteiger partial charge in [-0.15, -0.1) is 0 Å². The summed E-state index contributed by atoms with van der Waals surface area (Å²) >= 11 is 0. The molecule has 1 aromatic heterocycles. The molecule has 0 saturated carbocycles. The van der Waals surface area contributed by atoms with Crippen LogP contribution in [0.3, 0.4) is 0 Å². The molecule has 0 aliphatic rings. The normalized spacial score (nSPS) is 11.9. The largest absolute Gasteiger partial charge is 0.504 e. The van der Waals surface area contributed by atoms with Crippen molar-refractivity contribution in [1.82, 2.24) is 9.78 Å². The highest BCUT2D eigenvalue weighted by Crippen LogP contribution is 2.35. The molecule has 0 saturated heterocycles. The van der Waals surface area contributed by atoms with Crippen molar-refractivity contribution in [2.45, 2.75) is 66.3 Å². The molecule has 0 aliphatic heterocycles. The second-order valence-corrected chi connectivity index (χ2v) is 7.02. The molecule has 22 heavy (non-hydrogen) atoms. The first-order valence-corrected chi connectivity index (χ1v) is 8.15. The van der Waals surface area contributed by atoms with Gasteiger partial charge in [0.25, 0.3) is 0 Å². The van der Waals surface area contributed by atoms with Gasteiger partial charge in [-0.2, -0.15) is 5.10 Å².